The number of rotatable bonds is 8. The molecule has 142 valence electrons. The smallest absolute Gasteiger partial charge is 0.343 e. The zero-order valence-electron chi connectivity index (χ0n) is 15.1. The fraction of sp³-hybridized carbons (Fsp3) is 0.211. The van der Waals surface area contributed by atoms with Gasteiger partial charge in [-0.05, 0) is 74.1 Å². The van der Waals surface area contributed by atoms with E-state index in [1.807, 2.05) is 13.8 Å². The highest BCUT2D eigenvalue weighted by atomic mass is 32.1. The number of hydrazone groups is 1. The van der Waals surface area contributed by atoms with Crippen LogP contribution >= 0.6 is 12.2 Å². The first-order valence-electron chi connectivity index (χ1n) is 8.33. The maximum atomic E-state index is 12.4. The number of ether oxygens (including phenoxy) is 3. The van der Waals surface area contributed by atoms with Gasteiger partial charge in [0.15, 0.2) is 16.6 Å². The largest absolute Gasteiger partial charge is 0.494 e. The Labute approximate surface area is 163 Å². The van der Waals surface area contributed by atoms with Gasteiger partial charge < -0.3 is 19.9 Å². The highest BCUT2D eigenvalue weighted by Gasteiger charge is 2.13. The van der Waals surface area contributed by atoms with E-state index in [1.165, 1.54) is 6.21 Å². The SMILES string of the molecule is CCOc1ccc(C(=O)Oc2ccc(C=NNC(N)=S)cc2OCC)cc1. The molecule has 0 atom stereocenters. The summed E-state index contributed by atoms with van der Waals surface area (Å²) in [7, 11) is 0. The van der Waals surface area contributed by atoms with Crippen molar-refractivity contribution in [1.29, 1.82) is 0 Å². The molecule has 0 aliphatic rings. The van der Waals surface area contributed by atoms with Gasteiger partial charge in [-0.1, -0.05) is 0 Å². The van der Waals surface area contributed by atoms with Crippen LogP contribution in [-0.4, -0.2) is 30.5 Å². The average molecular weight is 387 g/mol. The number of nitrogens with one attached hydrogen (secondary N) is 1. The Morgan fingerprint density at radius 3 is 2.44 bits per heavy atom. The summed E-state index contributed by atoms with van der Waals surface area (Å²) < 4.78 is 16.4. The van der Waals surface area contributed by atoms with Crippen molar-refractivity contribution in [2.75, 3.05) is 13.2 Å². The van der Waals surface area contributed by atoms with Crippen LogP contribution in [0.25, 0.3) is 0 Å². The molecule has 0 fully saturated rings. The zero-order chi connectivity index (χ0) is 19.6. The van der Waals surface area contributed by atoms with Gasteiger partial charge in [-0.15, -0.1) is 0 Å². The number of nitrogens with zero attached hydrogens (tertiary/aromatic N) is 1. The van der Waals surface area contributed by atoms with Gasteiger partial charge in [-0.3, -0.25) is 5.43 Å². The maximum absolute atomic E-state index is 12.4. The number of hydrogen-bond donors (Lipinski definition) is 2. The van der Waals surface area contributed by atoms with Gasteiger partial charge in [0, 0.05) is 0 Å². The molecule has 0 saturated carbocycles. The van der Waals surface area contributed by atoms with Crippen LogP contribution < -0.4 is 25.4 Å². The standard InChI is InChI=1S/C19H21N3O4S/c1-3-24-15-8-6-14(7-9-15)18(23)26-16-10-5-13(11-17(16)25-4-2)12-21-22-19(20)27/h5-12H,3-4H2,1-2H3,(H3,20,22,27). The Balaban J connectivity index is 2.14. The van der Waals surface area contributed by atoms with Gasteiger partial charge in [0.1, 0.15) is 5.75 Å². The monoisotopic (exact) mass is 387 g/mol. The van der Waals surface area contributed by atoms with Crippen molar-refractivity contribution < 1.29 is 19.0 Å². The van der Waals surface area contributed by atoms with E-state index in [0.29, 0.717) is 36.0 Å². The van der Waals surface area contributed by atoms with Gasteiger partial charge in [-0.2, -0.15) is 5.10 Å². The van der Waals surface area contributed by atoms with Crippen molar-refractivity contribution >= 4 is 29.5 Å². The molecule has 27 heavy (non-hydrogen) atoms. The number of benzene rings is 2. The lowest BCUT2D eigenvalue weighted by molar-refractivity contribution is 0.0728. The number of esters is 1. The minimum absolute atomic E-state index is 0.0668. The molecule has 0 aliphatic heterocycles. The lowest BCUT2D eigenvalue weighted by Crippen LogP contribution is -2.23. The molecule has 0 radical (unpaired) electrons. The summed E-state index contributed by atoms with van der Waals surface area (Å²) in [4.78, 5) is 12.4. The summed E-state index contributed by atoms with van der Waals surface area (Å²) >= 11 is 4.68. The zero-order valence-corrected chi connectivity index (χ0v) is 15.9. The summed E-state index contributed by atoms with van der Waals surface area (Å²) in [5.41, 5.74) is 8.92. The molecule has 0 unspecified atom stereocenters. The van der Waals surface area contributed by atoms with E-state index in [2.05, 4.69) is 22.7 Å². The molecular formula is C19H21N3O4S. The van der Waals surface area contributed by atoms with Crippen molar-refractivity contribution in [3.05, 3.63) is 53.6 Å². The van der Waals surface area contributed by atoms with Gasteiger partial charge in [0.05, 0.1) is 25.0 Å². The van der Waals surface area contributed by atoms with E-state index in [9.17, 15) is 4.79 Å². The topological polar surface area (TPSA) is 95.2 Å². The average Bonchev–Trinajstić information content (AvgIpc) is 2.64. The van der Waals surface area contributed by atoms with Gasteiger partial charge in [0.25, 0.3) is 0 Å². The Kier molecular flexibility index (Phi) is 7.57. The van der Waals surface area contributed by atoms with Gasteiger partial charge in [-0.25, -0.2) is 4.79 Å². The van der Waals surface area contributed by atoms with Crippen LogP contribution in [0, 0.1) is 0 Å². The van der Waals surface area contributed by atoms with Crippen molar-refractivity contribution in [3.63, 3.8) is 0 Å². The van der Waals surface area contributed by atoms with Crippen molar-refractivity contribution in [2.45, 2.75) is 13.8 Å². The fourth-order valence-corrected chi connectivity index (χ4v) is 2.19. The predicted octanol–water partition coefficient (Wildman–Crippen LogP) is 2.87. The summed E-state index contributed by atoms with van der Waals surface area (Å²) in [5, 5.41) is 3.95. The molecule has 7 nitrogen and oxygen atoms in total. The second kappa shape index (κ2) is 10.1. The minimum atomic E-state index is -0.490. The molecule has 0 spiro atoms. The molecule has 2 aromatic carbocycles. The lowest BCUT2D eigenvalue weighted by atomic mass is 10.2. The van der Waals surface area contributed by atoms with E-state index < -0.39 is 5.97 Å². The number of hydrogen-bond acceptors (Lipinski definition) is 6. The van der Waals surface area contributed by atoms with Crippen LogP contribution in [0.1, 0.15) is 29.8 Å². The van der Waals surface area contributed by atoms with Crippen molar-refractivity contribution in [2.24, 2.45) is 10.8 Å². The second-order valence-electron chi connectivity index (χ2n) is 5.22. The molecule has 0 aromatic heterocycles. The summed E-state index contributed by atoms with van der Waals surface area (Å²) in [6, 6.07) is 11.8. The molecule has 8 heteroatoms. The number of thiocarbonyl (C=S) groups is 1. The van der Waals surface area contributed by atoms with Crippen LogP contribution in [0.5, 0.6) is 17.2 Å². The first kappa shape index (κ1) is 20.2. The van der Waals surface area contributed by atoms with Crippen LogP contribution in [0.15, 0.2) is 47.6 Å². The predicted molar refractivity (Wildman–Crippen MR) is 108 cm³/mol. The minimum Gasteiger partial charge on any atom is -0.494 e. The first-order valence-corrected chi connectivity index (χ1v) is 8.74. The van der Waals surface area contributed by atoms with Crippen LogP contribution in [0.3, 0.4) is 0 Å². The Bertz CT molecular complexity index is 822. The summed E-state index contributed by atoms with van der Waals surface area (Å²) in [6.45, 7) is 4.71. The summed E-state index contributed by atoms with van der Waals surface area (Å²) in [5.74, 6) is 0.945. The fourth-order valence-electron chi connectivity index (χ4n) is 2.14. The van der Waals surface area contributed by atoms with E-state index in [4.69, 9.17) is 19.9 Å². The molecule has 0 bridgehead atoms. The van der Waals surface area contributed by atoms with E-state index >= 15 is 0 Å². The third-order valence-corrected chi connectivity index (χ3v) is 3.35. The van der Waals surface area contributed by atoms with E-state index in [0.717, 1.165) is 5.56 Å². The molecule has 2 rings (SSSR count). The molecular weight excluding hydrogens is 366 g/mol. The van der Waals surface area contributed by atoms with Crippen LogP contribution in [0.4, 0.5) is 0 Å². The van der Waals surface area contributed by atoms with Gasteiger partial charge in [0.2, 0.25) is 0 Å². The first-order chi connectivity index (χ1) is 13.0. The maximum Gasteiger partial charge on any atom is 0.343 e. The molecule has 2 aromatic rings. The van der Waals surface area contributed by atoms with E-state index in [1.54, 1.807) is 42.5 Å². The number of carbonyl (C=O) groups is 1. The quantitative estimate of drug-likeness (QED) is 0.236. The number of nitrogens with two attached hydrogens (primary N) is 1. The third kappa shape index (κ3) is 6.27. The van der Waals surface area contributed by atoms with Crippen molar-refractivity contribution in [3.8, 4) is 17.2 Å². The normalized spacial score (nSPS) is 10.4. The Morgan fingerprint density at radius 2 is 1.81 bits per heavy atom. The molecule has 0 saturated heterocycles. The molecule has 3 N–H and O–H groups in total. The molecule has 0 aliphatic carbocycles. The summed E-state index contributed by atoms with van der Waals surface area (Å²) in [6.07, 6.45) is 1.53. The van der Waals surface area contributed by atoms with Crippen LogP contribution in [-0.2, 0) is 0 Å². The highest BCUT2D eigenvalue weighted by molar-refractivity contribution is 7.80. The lowest BCUT2D eigenvalue weighted by Gasteiger charge is -2.11. The molecule has 0 heterocycles. The van der Waals surface area contributed by atoms with E-state index in [-0.39, 0.29) is 5.11 Å². The Hall–Kier alpha value is -3.13. The molecule has 0 amide bonds. The second-order valence-corrected chi connectivity index (χ2v) is 5.66. The highest BCUT2D eigenvalue weighted by Crippen LogP contribution is 2.29. The van der Waals surface area contributed by atoms with Crippen molar-refractivity contribution in [1.82, 2.24) is 5.43 Å². The number of carbonyl (C=O) groups excluding carboxylic acids is 1. The Morgan fingerprint density at radius 1 is 1.11 bits per heavy atom. The van der Waals surface area contributed by atoms with Gasteiger partial charge >= 0.3 is 5.97 Å². The van der Waals surface area contributed by atoms with Crippen LogP contribution in [0.2, 0.25) is 0 Å². The third-order valence-electron chi connectivity index (χ3n) is 3.26.